The van der Waals surface area contributed by atoms with Crippen LogP contribution in [0.1, 0.15) is 47.3 Å². The number of hydrogen-bond acceptors (Lipinski definition) is 5. The fraction of sp³-hybridized carbons (Fsp3) is 0.526. The molecule has 0 aliphatic carbocycles. The Balaban J connectivity index is 2.72. The van der Waals surface area contributed by atoms with Gasteiger partial charge >= 0.3 is 11.9 Å². The Bertz CT molecular complexity index is 630. The van der Waals surface area contributed by atoms with Crippen molar-refractivity contribution in [3.8, 4) is 0 Å². The van der Waals surface area contributed by atoms with Crippen LogP contribution in [-0.4, -0.2) is 37.6 Å². The Labute approximate surface area is 148 Å². The molecule has 1 rings (SSSR count). The molecule has 0 aromatic heterocycles. The lowest BCUT2D eigenvalue weighted by molar-refractivity contribution is -0.147. The zero-order valence-electron chi connectivity index (χ0n) is 15.8. The quantitative estimate of drug-likeness (QED) is 0.765. The summed E-state index contributed by atoms with van der Waals surface area (Å²) in [4.78, 5) is 36.1. The van der Waals surface area contributed by atoms with E-state index in [0.717, 1.165) is 16.7 Å². The van der Waals surface area contributed by atoms with Crippen LogP contribution in [-0.2, 0) is 19.1 Å². The van der Waals surface area contributed by atoms with Crippen LogP contribution in [0.4, 0.5) is 0 Å². The molecule has 0 aliphatic heterocycles. The fourth-order valence-corrected chi connectivity index (χ4v) is 2.72. The van der Waals surface area contributed by atoms with E-state index < -0.39 is 30.5 Å². The van der Waals surface area contributed by atoms with Crippen molar-refractivity contribution in [1.82, 2.24) is 5.32 Å². The van der Waals surface area contributed by atoms with Crippen LogP contribution in [0.2, 0.25) is 0 Å². The van der Waals surface area contributed by atoms with E-state index in [0.29, 0.717) is 12.0 Å². The topological polar surface area (TPSA) is 81.7 Å². The highest BCUT2D eigenvalue weighted by atomic mass is 16.5. The Hall–Kier alpha value is -2.37. The number of esters is 2. The summed E-state index contributed by atoms with van der Waals surface area (Å²) < 4.78 is 9.83. The van der Waals surface area contributed by atoms with Crippen molar-refractivity contribution in [3.05, 3.63) is 34.4 Å². The maximum absolute atomic E-state index is 12.3. The summed E-state index contributed by atoms with van der Waals surface area (Å²) in [6.45, 7) is 8.91. The minimum Gasteiger partial charge on any atom is -0.467 e. The number of hydrogen-bond donors (Lipinski definition) is 1. The van der Waals surface area contributed by atoms with Gasteiger partial charge in [0, 0.05) is 0 Å². The summed E-state index contributed by atoms with van der Waals surface area (Å²) in [6.07, 6.45) is 0.696. The van der Waals surface area contributed by atoms with Crippen LogP contribution in [0.15, 0.2) is 12.1 Å². The van der Waals surface area contributed by atoms with Crippen molar-refractivity contribution in [1.29, 1.82) is 0 Å². The normalized spacial score (nSPS) is 12.9. The van der Waals surface area contributed by atoms with Crippen molar-refractivity contribution in [2.45, 2.75) is 47.1 Å². The summed E-state index contributed by atoms with van der Waals surface area (Å²) in [5.41, 5.74) is 3.12. The first-order valence-electron chi connectivity index (χ1n) is 8.33. The maximum Gasteiger partial charge on any atom is 0.339 e. The standard InChI is InChI=1S/C19H27NO5/c1-7-12(3)17(19(23)24-6)20-15(21)10-25-18(22)16-13(4)8-11(2)9-14(16)5/h8-9,12,17H,7,10H2,1-6H3,(H,20,21)/t12-,17-/m0/s1. The number of benzene rings is 1. The Morgan fingerprint density at radius 3 is 2.16 bits per heavy atom. The monoisotopic (exact) mass is 349 g/mol. The summed E-state index contributed by atoms with van der Waals surface area (Å²) in [6, 6.07) is 3.02. The van der Waals surface area contributed by atoms with Gasteiger partial charge in [0.15, 0.2) is 6.61 Å². The molecule has 0 bridgehead atoms. The maximum atomic E-state index is 12.3. The van der Waals surface area contributed by atoms with E-state index in [4.69, 9.17) is 9.47 Å². The highest BCUT2D eigenvalue weighted by Gasteiger charge is 2.27. The third-order valence-electron chi connectivity index (χ3n) is 4.20. The number of methoxy groups -OCH3 is 1. The molecular formula is C19H27NO5. The molecule has 1 amide bonds. The van der Waals surface area contributed by atoms with Crippen molar-refractivity contribution < 1.29 is 23.9 Å². The van der Waals surface area contributed by atoms with Gasteiger partial charge in [-0.05, 0) is 37.8 Å². The molecule has 0 unspecified atom stereocenters. The number of carbonyl (C=O) groups excluding carboxylic acids is 3. The molecule has 0 radical (unpaired) electrons. The molecule has 0 aliphatic rings. The minimum atomic E-state index is -0.760. The van der Waals surface area contributed by atoms with Crippen LogP contribution >= 0.6 is 0 Å². The smallest absolute Gasteiger partial charge is 0.339 e. The third kappa shape index (κ3) is 5.59. The van der Waals surface area contributed by atoms with E-state index in [-0.39, 0.29) is 5.92 Å². The molecule has 138 valence electrons. The average Bonchev–Trinajstić information content (AvgIpc) is 2.55. The van der Waals surface area contributed by atoms with E-state index >= 15 is 0 Å². The van der Waals surface area contributed by atoms with Gasteiger partial charge in [0.25, 0.3) is 5.91 Å². The van der Waals surface area contributed by atoms with Gasteiger partial charge in [-0.3, -0.25) is 4.79 Å². The zero-order chi connectivity index (χ0) is 19.1. The van der Waals surface area contributed by atoms with Gasteiger partial charge in [0.05, 0.1) is 12.7 Å². The van der Waals surface area contributed by atoms with Crippen LogP contribution in [0.25, 0.3) is 0 Å². The Morgan fingerprint density at radius 2 is 1.68 bits per heavy atom. The number of carbonyl (C=O) groups is 3. The molecule has 0 heterocycles. The van der Waals surface area contributed by atoms with E-state index in [1.54, 1.807) is 0 Å². The van der Waals surface area contributed by atoms with E-state index in [2.05, 4.69) is 5.32 Å². The molecule has 6 nitrogen and oxygen atoms in total. The van der Waals surface area contributed by atoms with Crippen LogP contribution in [0.3, 0.4) is 0 Å². The molecule has 1 aromatic rings. The predicted octanol–water partition coefficient (Wildman–Crippen LogP) is 2.47. The van der Waals surface area contributed by atoms with Crippen molar-refractivity contribution >= 4 is 17.8 Å². The third-order valence-corrected chi connectivity index (χ3v) is 4.20. The van der Waals surface area contributed by atoms with Gasteiger partial charge in [-0.2, -0.15) is 0 Å². The Morgan fingerprint density at radius 1 is 1.12 bits per heavy atom. The van der Waals surface area contributed by atoms with E-state index in [1.165, 1.54) is 7.11 Å². The van der Waals surface area contributed by atoms with Crippen molar-refractivity contribution in [2.75, 3.05) is 13.7 Å². The molecule has 2 atom stereocenters. The van der Waals surface area contributed by atoms with Gasteiger partial charge < -0.3 is 14.8 Å². The minimum absolute atomic E-state index is 0.0892. The number of rotatable bonds is 7. The molecule has 1 N–H and O–H groups in total. The number of ether oxygens (including phenoxy) is 2. The number of amides is 1. The van der Waals surface area contributed by atoms with Gasteiger partial charge in [0.2, 0.25) is 0 Å². The summed E-state index contributed by atoms with van der Waals surface area (Å²) in [5.74, 6) is -1.69. The number of nitrogens with one attached hydrogen (secondary N) is 1. The second kappa shape index (κ2) is 9.20. The summed E-state index contributed by atoms with van der Waals surface area (Å²) in [5, 5.41) is 2.57. The van der Waals surface area contributed by atoms with Gasteiger partial charge in [0.1, 0.15) is 6.04 Å². The SMILES string of the molecule is CC[C@H](C)[C@H](NC(=O)COC(=O)c1c(C)cc(C)cc1C)C(=O)OC. The van der Waals surface area contributed by atoms with E-state index in [1.807, 2.05) is 46.8 Å². The first-order chi connectivity index (χ1) is 11.7. The first-order valence-corrected chi connectivity index (χ1v) is 8.33. The highest BCUT2D eigenvalue weighted by Crippen LogP contribution is 2.17. The van der Waals surface area contributed by atoms with Gasteiger partial charge in [-0.25, -0.2) is 9.59 Å². The molecular weight excluding hydrogens is 322 g/mol. The van der Waals surface area contributed by atoms with Crippen LogP contribution in [0, 0.1) is 26.7 Å². The highest BCUT2D eigenvalue weighted by molar-refractivity contribution is 5.94. The lowest BCUT2D eigenvalue weighted by Gasteiger charge is -2.21. The summed E-state index contributed by atoms with van der Waals surface area (Å²) in [7, 11) is 1.27. The molecule has 0 fully saturated rings. The average molecular weight is 349 g/mol. The van der Waals surface area contributed by atoms with Crippen molar-refractivity contribution in [3.63, 3.8) is 0 Å². The molecule has 0 saturated carbocycles. The molecule has 0 spiro atoms. The van der Waals surface area contributed by atoms with Crippen LogP contribution in [0.5, 0.6) is 0 Å². The fourth-order valence-electron chi connectivity index (χ4n) is 2.72. The number of aryl methyl sites for hydroxylation is 3. The summed E-state index contributed by atoms with van der Waals surface area (Å²) >= 11 is 0. The lowest BCUT2D eigenvalue weighted by atomic mass is 9.99. The van der Waals surface area contributed by atoms with Gasteiger partial charge in [-0.15, -0.1) is 0 Å². The lowest BCUT2D eigenvalue weighted by Crippen LogP contribution is -2.47. The first kappa shape index (κ1) is 20.7. The van der Waals surface area contributed by atoms with Gasteiger partial charge in [-0.1, -0.05) is 38.0 Å². The second-order valence-corrected chi connectivity index (χ2v) is 6.30. The zero-order valence-corrected chi connectivity index (χ0v) is 15.8. The van der Waals surface area contributed by atoms with Crippen LogP contribution < -0.4 is 5.32 Å². The Kier molecular flexibility index (Phi) is 7.61. The molecule has 1 aromatic carbocycles. The molecule has 25 heavy (non-hydrogen) atoms. The largest absolute Gasteiger partial charge is 0.467 e. The molecule has 0 saturated heterocycles. The van der Waals surface area contributed by atoms with E-state index in [9.17, 15) is 14.4 Å². The van der Waals surface area contributed by atoms with Crippen molar-refractivity contribution in [2.24, 2.45) is 5.92 Å². The molecule has 6 heteroatoms. The second-order valence-electron chi connectivity index (χ2n) is 6.30. The predicted molar refractivity (Wildman–Crippen MR) is 94.3 cm³/mol.